The first kappa shape index (κ1) is 12.3. The normalized spacial score (nSPS) is 13.0. The molecule has 1 heterocycles. The minimum absolute atomic E-state index is 0.334. The van der Waals surface area contributed by atoms with Gasteiger partial charge in [-0.1, -0.05) is 26.2 Å². The predicted octanol–water partition coefficient (Wildman–Crippen LogP) is 3.82. The van der Waals surface area contributed by atoms with Gasteiger partial charge in [0.15, 0.2) is 0 Å². The Hall–Kier alpha value is -0.760. The van der Waals surface area contributed by atoms with Crippen molar-refractivity contribution in [2.75, 3.05) is 6.54 Å². The molecule has 0 saturated carbocycles. The van der Waals surface area contributed by atoms with E-state index in [1.165, 1.54) is 25.7 Å². The molecule has 0 aliphatic carbocycles. The highest BCUT2D eigenvalue weighted by atomic mass is 16.3. The van der Waals surface area contributed by atoms with Gasteiger partial charge < -0.3 is 9.73 Å². The molecular formula is C13H23NO. The van der Waals surface area contributed by atoms with Gasteiger partial charge in [0, 0.05) is 0 Å². The Labute approximate surface area is 93.1 Å². The molecule has 15 heavy (non-hydrogen) atoms. The average molecular weight is 209 g/mol. The highest BCUT2D eigenvalue weighted by molar-refractivity contribution is 5.08. The average Bonchev–Trinajstić information content (AvgIpc) is 2.64. The Morgan fingerprint density at radius 2 is 2.07 bits per heavy atom. The van der Waals surface area contributed by atoms with Crippen LogP contribution in [0, 0.1) is 6.92 Å². The van der Waals surface area contributed by atoms with Gasteiger partial charge in [-0.15, -0.1) is 0 Å². The van der Waals surface area contributed by atoms with E-state index in [0.29, 0.717) is 6.04 Å². The Morgan fingerprint density at radius 1 is 1.27 bits per heavy atom. The number of hydrogen-bond donors (Lipinski definition) is 1. The zero-order valence-electron chi connectivity index (χ0n) is 10.2. The number of unbranched alkanes of at least 4 members (excludes halogenated alkanes) is 3. The molecule has 0 aromatic carbocycles. The molecule has 1 aromatic rings. The Morgan fingerprint density at radius 3 is 2.67 bits per heavy atom. The van der Waals surface area contributed by atoms with Crippen LogP contribution in [0.2, 0.25) is 0 Å². The molecule has 1 N–H and O–H groups in total. The van der Waals surface area contributed by atoms with Gasteiger partial charge in [0.05, 0.1) is 6.04 Å². The van der Waals surface area contributed by atoms with Gasteiger partial charge in [-0.25, -0.2) is 0 Å². The smallest absolute Gasteiger partial charge is 0.120 e. The van der Waals surface area contributed by atoms with Gasteiger partial charge in [-0.3, -0.25) is 0 Å². The van der Waals surface area contributed by atoms with Crippen molar-refractivity contribution in [3.63, 3.8) is 0 Å². The lowest BCUT2D eigenvalue weighted by molar-refractivity contribution is 0.412. The van der Waals surface area contributed by atoms with E-state index in [1.54, 1.807) is 0 Å². The summed E-state index contributed by atoms with van der Waals surface area (Å²) in [6, 6.07) is 4.41. The highest BCUT2D eigenvalue weighted by Crippen LogP contribution is 2.15. The molecule has 2 nitrogen and oxygen atoms in total. The fourth-order valence-corrected chi connectivity index (χ4v) is 1.66. The topological polar surface area (TPSA) is 25.2 Å². The van der Waals surface area contributed by atoms with E-state index in [-0.39, 0.29) is 0 Å². The lowest BCUT2D eigenvalue weighted by atomic mass is 10.2. The fourth-order valence-electron chi connectivity index (χ4n) is 1.66. The molecule has 86 valence electrons. The quantitative estimate of drug-likeness (QED) is 0.691. The SMILES string of the molecule is CCCCCCNC(C)c1ccc(C)o1. The van der Waals surface area contributed by atoms with E-state index in [9.17, 15) is 0 Å². The third-order valence-corrected chi connectivity index (χ3v) is 2.67. The summed E-state index contributed by atoms with van der Waals surface area (Å²) in [4.78, 5) is 0. The molecule has 2 heteroatoms. The van der Waals surface area contributed by atoms with Gasteiger partial charge in [-0.05, 0) is 38.9 Å². The maximum Gasteiger partial charge on any atom is 0.120 e. The maximum atomic E-state index is 5.56. The van der Waals surface area contributed by atoms with Crippen LogP contribution in [0.4, 0.5) is 0 Å². The third-order valence-electron chi connectivity index (χ3n) is 2.67. The van der Waals surface area contributed by atoms with Crippen molar-refractivity contribution in [2.45, 2.75) is 52.5 Å². The van der Waals surface area contributed by atoms with E-state index < -0.39 is 0 Å². The Balaban J connectivity index is 2.16. The number of aryl methyl sites for hydroxylation is 1. The molecule has 0 saturated heterocycles. The number of rotatable bonds is 7. The monoisotopic (exact) mass is 209 g/mol. The van der Waals surface area contributed by atoms with E-state index in [2.05, 4.69) is 25.2 Å². The Kier molecular flexibility index (Phi) is 5.48. The largest absolute Gasteiger partial charge is 0.465 e. The first-order valence-corrected chi connectivity index (χ1v) is 6.03. The van der Waals surface area contributed by atoms with Crippen molar-refractivity contribution < 1.29 is 4.42 Å². The second-order valence-electron chi connectivity index (χ2n) is 4.18. The molecule has 1 atom stereocenters. The number of furan rings is 1. The summed E-state index contributed by atoms with van der Waals surface area (Å²) in [5.74, 6) is 2.03. The summed E-state index contributed by atoms with van der Waals surface area (Å²) < 4.78 is 5.56. The second kappa shape index (κ2) is 6.67. The van der Waals surface area contributed by atoms with Crippen LogP contribution in [0.1, 0.15) is 57.1 Å². The van der Waals surface area contributed by atoms with Crippen molar-refractivity contribution in [1.82, 2.24) is 5.32 Å². The van der Waals surface area contributed by atoms with E-state index in [1.807, 2.05) is 13.0 Å². The summed E-state index contributed by atoms with van der Waals surface area (Å²) in [5, 5.41) is 3.48. The summed E-state index contributed by atoms with van der Waals surface area (Å²) in [5.41, 5.74) is 0. The van der Waals surface area contributed by atoms with Crippen LogP contribution in [0.3, 0.4) is 0 Å². The van der Waals surface area contributed by atoms with E-state index in [4.69, 9.17) is 4.42 Å². The molecule has 0 spiro atoms. The molecule has 0 radical (unpaired) electrons. The minimum Gasteiger partial charge on any atom is -0.465 e. The molecule has 1 unspecified atom stereocenters. The van der Waals surface area contributed by atoms with Crippen LogP contribution in [0.15, 0.2) is 16.5 Å². The first-order chi connectivity index (χ1) is 7.24. The van der Waals surface area contributed by atoms with Crippen LogP contribution in [-0.2, 0) is 0 Å². The molecule has 1 rings (SSSR count). The minimum atomic E-state index is 0.334. The van der Waals surface area contributed by atoms with Gasteiger partial charge >= 0.3 is 0 Å². The zero-order valence-corrected chi connectivity index (χ0v) is 10.2. The van der Waals surface area contributed by atoms with Gasteiger partial charge in [0.25, 0.3) is 0 Å². The highest BCUT2D eigenvalue weighted by Gasteiger charge is 2.07. The van der Waals surface area contributed by atoms with Crippen molar-refractivity contribution in [1.29, 1.82) is 0 Å². The molecule has 1 aromatic heterocycles. The summed E-state index contributed by atoms with van der Waals surface area (Å²) in [6.07, 6.45) is 5.23. The van der Waals surface area contributed by atoms with Crippen LogP contribution in [0.5, 0.6) is 0 Å². The van der Waals surface area contributed by atoms with Crippen LogP contribution in [-0.4, -0.2) is 6.54 Å². The summed E-state index contributed by atoms with van der Waals surface area (Å²) in [7, 11) is 0. The lowest BCUT2D eigenvalue weighted by Crippen LogP contribution is -2.19. The van der Waals surface area contributed by atoms with Gasteiger partial charge in [-0.2, -0.15) is 0 Å². The standard InChI is InChI=1S/C13H23NO/c1-4-5-6-7-10-14-12(3)13-9-8-11(2)15-13/h8-9,12,14H,4-7,10H2,1-3H3. The molecule has 0 fully saturated rings. The van der Waals surface area contributed by atoms with Gasteiger partial charge in [0.1, 0.15) is 11.5 Å². The van der Waals surface area contributed by atoms with Gasteiger partial charge in [0.2, 0.25) is 0 Å². The maximum absolute atomic E-state index is 5.56. The summed E-state index contributed by atoms with van der Waals surface area (Å²) >= 11 is 0. The zero-order chi connectivity index (χ0) is 11.1. The lowest BCUT2D eigenvalue weighted by Gasteiger charge is -2.10. The van der Waals surface area contributed by atoms with Crippen LogP contribution < -0.4 is 5.32 Å². The van der Waals surface area contributed by atoms with E-state index in [0.717, 1.165) is 18.1 Å². The first-order valence-electron chi connectivity index (χ1n) is 6.03. The van der Waals surface area contributed by atoms with Crippen molar-refractivity contribution in [2.24, 2.45) is 0 Å². The van der Waals surface area contributed by atoms with Crippen LogP contribution in [0.25, 0.3) is 0 Å². The molecule has 0 aliphatic heterocycles. The summed E-state index contributed by atoms with van der Waals surface area (Å²) in [6.45, 7) is 7.46. The molecule has 0 amide bonds. The molecular weight excluding hydrogens is 186 g/mol. The van der Waals surface area contributed by atoms with Crippen molar-refractivity contribution in [3.05, 3.63) is 23.7 Å². The van der Waals surface area contributed by atoms with E-state index >= 15 is 0 Å². The fraction of sp³-hybridized carbons (Fsp3) is 0.692. The van der Waals surface area contributed by atoms with Crippen LogP contribution >= 0.6 is 0 Å². The second-order valence-corrected chi connectivity index (χ2v) is 4.18. The predicted molar refractivity (Wildman–Crippen MR) is 64.0 cm³/mol. The molecule has 0 aliphatic rings. The van der Waals surface area contributed by atoms with Crippen molar-refractivity contribution in [3.8, 4) is 0 Å². The molecule has 0 bridgehead atoms. The number of nitrogens with one attached hydrogen (secondary N) is 1. The van der Waals surface area contributed by atoms with Crippen molar-refractivity contribution >= 4 is 0 Å². The Bertz CT molecular complexity index is 267. The number of hydrogen-bond acceptors (Lipinski definition) is 2. The third kappa shape index (κ3) is 4.52.